The number of methoxy groups -OCH3 is 3. The van der Waals surface area contributed by atoms with Gasteiger partial charge in [-0.05, 0) is 30.5 Å². The summed E-state index contributed by atoms with van der Waals surface area (Å²) in [5, 5.41) is 4.44. The lowest BCUT2D eigenvalue weighted by atomic mass is 10.2. The second-order valence-electron chi connectivity index (χ2n) is 6.79. The molecule has 0 aliphatic heterocycles. The number of nitrogens with zero attached hydrogens (tertiary/aromatic N) is 1. The van der Waals surface area contributed by atoms with Crippen molar-refractivity contribution in [3.63, 3.8) is 0 Å². The summed E-state index contributed by atoms with van der Waals surface area (Å²) < 4.78 is 43.2. The number of carbonyl (C=O) groups is 1. The smallest absolute Gasteiger partial charge is 0.267 e. The van der Waals surface area contributed by atoms with Crippen LogP contribution in [0.3, 0.4) is 0 Å². The van der Waals surface area contributed by atoms with Gasteiger partial charge in [-0.3, -0.25) is 9.10 Å². The van der Waals surface area contributed by atoms with E-state index >= 15 is 0 Å². The highest BCUT2D eigenvalue weighted by atomic mass is 32.2. The molecule has 8 nitrogen and oxygen atoms in total. The summed E-state index contributed by atoms with van der Waals surface area (Å²) in [6.45, 7) is 1.88. The quantitative estimate of drug-likeness (QED) is 0.525. The summed E-state index contributed by atoms with van der Waals surface area (Å²) >= 11 is 1.14. The Labute approximate surface area is 191 Å². The molecule has 0 radical (unpaired) electrons. The van der Waals surface area contributed by atoms with E-state index in [0.29, 0.717) is 22.9 Å². The Morgan fingerprint density at radius 1 is 0.969 bits per heavy atom. The van der Waals surface area contributed by atoms with E-state index in [-0.39, 0.29) is 15.5 Å². The van der Waals surface area contributed by atoms with Gasteiger partial charge in [-0.15, -0.1) is 11.3 Å². The Bertz CT molecular complexity index is 1190. The van der Waals surface area contributed by atoms with Crippen LogP contribution in [0.2, 0.25) is 0 Å². The van der Waals surface area contributed by atoms with Crippen molar-refractivity contribution in [3.05, 3.63) is 58.3 Å². The fourth-order valence-electron chi connectivity index (χ4n) is 3.06. The van der Waals surface area contributed by atoms with Crippen LogP contribution in [0.4, 0.5) is 11.4 Å². The molecular formula is C22H24N2O6S2. The average molecular weight is 477 g/mol. The number of hydrogen-bond acceptors (Lipinski definition) is 7. The van der Waals surface area contributed by atoms with E-state index in [2.05, 4.69) is 5.32 Å². The van der Waals surface area contributed by atoms with Crippen LogP contribution in [-0.2, 0) is 10.0 Å². The van der Waals surface area contributed by atoms with Crippen LogP contribution in [0.25, 0.3) is 0 Å². The van der Waals surface area contributed by atoms with Crippen LogP contribution in [0.15, 0.2) is 52.7 Å². The Hall–Kier alpha value is -3.24. The summed E-state index contributed by atoms with van der Waals surface area (Å²) in [5.41, 5.74) is 1.64. The predicted octanol–water partition coefficient (Wildman–Crippen LogP) is 4.16. The van der Waals surface area contributed by atoms with Crippen molar-refractivity contribution in [3.8, 4) is 17.2 Å². The molecule has 0 aliphatic carbocycles. The molecule has 0 saturated carbocycles. The highest BCUT2D eigenvalue weighted by molar-refractivity contribution is 7.92. The topological polar surface area (TPSA) is 94.2 Å². The number of anilines is 2. The van der Waals surface area contributed by atoms with Gasteiger partial charge < -0.3 is 19.5 Å². The molecule has 10 heteroatoms. The largest absolute Gasteiger partial charge is 0.493 e. The summed E-state index contributed by atoms with van der Waals surface area (Å²) in [6.07, 6.45) is 0. The van der Waals surface area contributed by atoms with Crippen LogP contribution in [0.5, 0.6) is 17.2 Å². The van der Waals surface area contributed by atoms with Gasteiger partial charge >= 0.3 is 0 Å². The van der Waals surface area contributed by atoms with E-state index in [1.54, 1.807) is 47.8 Å². The Kier molecular flexibility index (Phi) is 6.95. The normalized spacial score (nSPS) is 11.0. The summed E-state index contributed by atoms with van der Waals surface area (Å²) in [6, 6.07) is 11.3. The lowest BCUT2D eigenvalue weighted by Crippen LogP contribution is -2.28. The molecule has 0 spiro atoms. The number of rotatable bonds is 8. The van der Waals surface area contributed by atoms with Gasteiger partial charge in [-0.1, -0.05) is 17.7 Å². The monoisotopic (exact) mass is 476 g/mol. The second kappa shape index (κ2) is 9.49. The van der Waals surface area contributed by atoms with Gasteiger partial charge in [0.2, 0.25) is 5.75 Å². The van der Waals surface area contributed by atoms with Crippen molar-refractivity contribution in [2.24, 2.45) is 0 Å². The fraction of sp³-hybridized carbons (Fsp3) is 0.227. The summed E-state index contributed by atoms with van der Waals surface area (Å²) in [5.74, 6) is 0.698. The number of hydrogen-bond donors (Lipinski definition) is 1. The van der Waals surface area contributed by atoms with Gasteiger partial charge in [0.25, 0.3) is 15.9 Å². The minimum absolute atomic E-state index is 0.146. The molecule has 0 bridgehead atoms. The molecule has 3 aromatic rings. The number of carbonyl (C=O) groups excluding carboxylic acids is 1. The first-order valence-electron chi connectivity index (χ1n) is 9.47. The van der Waals surface area contributed by atoms with Gasteiger partial charge in [0, 0.05) is 24.9 Å². The van der Waals surface area contributed by atoms with Crippen LogP contribution in [0, 0.1) is 6.92 Å². The third kappa shape index (κ3) is 4.51. The van der Waals surface area contributed by atoms with E-state index < -0.39 is 15.9 Å². The molecule has 0 aliphatic rings. The maximum absolute atomic E-state index is 13.1. The number of amides is 1. The number of nitrogens with one attached hydrogen (secondary N) is 1. The van der Waals surface area contributed by atoms with Crippen LogP contribution < -0.4 is 23.8 Å². The first-order chi connectivity index (χ1) is 15.2. The zero-order valence-corrected chi connectivity index (χ0v) is 20.0. The number of ether oxygens (including phenoxy) is 3. The fourth-order valence-corrected chi connectivity index (χ4v) is 5.14. The number of benzene rings is 2. The Morgan fingerprint density at radius 2 is 1.56 bits per heavy atom. The van der Waals surface area contributed by atoms with Gasteiger partial charge in [0.15, 0.2) is 11.5 Å². The second-order valence-corrected chi connectivity index (χ2v) is 9.67. The third-order valence-electron chi connectivity index (χ3n) is 4.79. The SMILES string of the molecule is COc1cc(NC(=O)c2sccc2N(C)S(=O)(=O)c2ccc(C)cc2)cc(OC)c1OC. The molecule has 170 valence electrons. The van der Waals surface area contributed by atoms with E-state index in [1.807, 2.05) is 6.92 Å². The molecule has 0 fully saturated rings. The first-order valence-corrected chi connectivity index (χ1v) is 11.8. The van der Waals surface area contributed by atoms with Gasteiger partial charge in [-0.25, -0.2) is 8.42 Å². The maximum Gasteiger partial charge on any atom is 0.267 e. The minimum atomic E-state index is -3.83. The van der Waals surface area contributed by atoms with Crippen LogP contribution >= 0.6 is 11.3 Å². The number of aryl methyl sites for hydroxylation is 1. The summed E-state index contributed by atoms with van der Waals surface area (Å²) in [4.78, 5) is 13.4. The van der Waals surface area contributed by atoms with Gasteiger partial charge in [-0.2, -0.15) is 0 Å². The van der Waals surface area contributed by atoms with Crippen molar-refractivity contribution in [2.45, 2.75) is 11.8 Å². The molecule has 0 atom stereocenters. The Balaban J connectivity index is 1.91. The minimum Gasteiger partial charge on any atom is -0.493 e. The van der Waals surface area contributed by atoms with E-state index in [9.17, 15) is 13.2 Å². The summed E-state index contributed by atoms with van der Waals surface area (Å²) in [7, 11) is 2.03. The zero-order valence-electron chi connectivity index (χ0n) is 18.3. The lowest BCUT2D eigenvalue weighted by molar-refractivity contribution is 0.103. The van der Waals surface area contributed by atoms with Gasteiger partial charge in [0.1, 0.15) is 4.88 Å². The van der Waals surface area contributed by atoms with Crippen molar-refractivity contribution in [1.29, 1.82) is 0 Å². The molecule has 32 heavy (non-hydrogen) atoms. The van der Waals surface area contributed by atoms with Gasteiger partial charge in [0.05, 0.1) is 31.9 Å². The zero-order chi connectivity index (χ0) is 23.5. The lowest BCUT2D eigenvalue weighted by Gasteiger charge is -2.20. The number of thiophene rings is 1. The standard InChI is InChI=1S/C22H24N2O6S2/c1-14-6-8-16(9-7-14)32(26,27)24(2)17-10-11-31-21(17)22(25)23-15-12-18(28-3)20(30-5)19(13-15)29-4/h6-13H,1-5H3,(H,23,25). The molecule has 3 rings (SSSR count). The molecular weight excluding hydrogens is 452 g/mol. The van der Waals surface area contributed by atoms with E-state index in [4.69, 9.17) is 14.2 Å². The third-order valence-corrected chi connectivity index (χ3v) is 7.48. The first kappa shape index (κ1) is 23.4. The molecule has 1 amide bonds. The molecule has 1 aromatic heterocycles. The van der Waals surface area contributed by atoms with Crippen LogP contribution in [0.1, 0.15) is 15.2 Å². The molecule has 2 aromatic carbocycles. The molecule has 0 unspecified atom stereocenters. The predicted molar refractivity (Wildman–Crippen MR) is 125 cm³/mol. The van der Waals surface area contributed by atoms with Crippen molar-refractivity contribution < 1.29 is 27.4 Å². The molecule has 1 N–H and O–H groups in total. The van der Waals surface area contributed by atoms with Crippen molar-refractivity contribution in [1.82, 2.24) is 0 Å². The van der Waals surface area contributed by atoms with Crippen molar-refractivity contribution >= 4 is 38.6 Å². The van der Waals surface area contributed by atoms with Crippen molar-refractivity contribution in [2.75, 3.05) is 38.0 Å². The van der Waals surface area contributed by atoms with Crippen LogP contribution in [-0.4, -0.2) is 42.7 Å². The molecule has 0 saturated heterocycles. The number of sulfonamides is 1. The Morgan fingerprint density at radius 3 is 2.09 bits per heavy atom. The highest BCUT2D eigenvalue weighted by Gasteiger charge is 2.26. The average Bonchev–Trinajstić information content (AvgIpc) is 3.28. The highest BCUT2D eigenvalue weighted by Crippen LogP contribution is 2.40. The van der Waals surface area contributed by atoms with E-state index in [1.165, 1.54) is 28.4 Å². The maximum atomic E-state index is 13.1. The molecule has 1 heterocycles. The van der Waals surface area contributed by atoms with E-state index in [0.717, 1.165) is 21.2 Å².